The van der Waals surface area contributed by atoms with Crippen molar-refractivity contribution in [3.05, 3.63) is 71.6 Å². The highest BCUT2D eigenvalue weighted by Gasteiger charge is 2.09. The summed E-state index contributed by atoms with van der Waals surface area (Å²) >= 11 is 0. The Morgan fingerprint density at radius 1 is 1.10 bits per heavy atom. The van der Waals surface area contributed by atoms with Crippen LogP contribution in [0.3, 0.4) is 0 Å². The van der Waals surface area contributed by atoms with Gasteiger partial charge in [0.15, 0.2) is 0 Å². The zero-order chi connectivity index (χ0) is 15.1. The van der Waals surface area contributed by atoms with Gasteiger partial charge in [0.1, 0.15) is 5.69 Å². The highest BCUT2D eigenvalue weighted by Crippen LogP contribution is 2.09. The number of carbonyl (C=O) groups excluding carboxylic acids is 2. The van der Waals surface area contributed by atoms with Gasteiger partial charge >= 0.3 is 5.97 Å². The standard InChI is InChI=1S/C17H15NO3/c1-2-21-16(19)12-11-14-9-6-10-15(18-14)17(20)13-7-4-3-5-8-13/h3-12H,2H2,1H3/b12-11+. The molecule has 0 saturated carbocycles. The van der Waals surface area contributed by atoms with Crippen LogP contribution in [0.4, 0.5) is 0 Å². The number of ether oxygens (including phenoxy) is 1. The molecule has 106 valence electrons. The number of hydrogen-bond donors (Lipinski definition) is 0. The summed E-state index contributed by atoms with van der Waals surface area (Å²) in [5, 5.41) is 0. The fourth-order valence-corrected chi connectivity index (χ4v) is 1.75. The number of nitrogens with zero attached hydrogens (tertiary/aromatic N) is 1. The number of carbonyl (C=O) groups is 2. The summed E-state index contributed by atoms with van der Waals surface area (Å²) < 4.78 is 4.79. The third-order valence-electron chi connectivity index (χ3n) is 2.72. The van der Waals surface area contributed by atoms with E-state index in [1.54, 1.807) is 49.4 Å². The smallest absolute Gasteiger partial charge is 0.330 e. The zero-order valence-corrected chi connectivity index (χ0v) is 11.7. The molecule has 2 rings (SSSR count). The van der Waals surface area contributed by atoms with Crippen molar-refractivity contribution < 1.29 is 14.3 Å². The maximum absolute atomic E-state index is 12.3. The molecule has 0 N–H and O–H groups in total. The van der Waals surface area contributed by atoms with E-state index in [4.69, 9.17) is 4.74 Å². The average Bonchev–Trinajstić information content (AvgIpc) is 2.54. The van der Waals surface area contributed by atoms with Crippen LogP contribution < -0.4 is 0 Å². The molecule has 0 atom stereocenters. The molecule has 0 radical (unpaired) electrons. The molecule has 0 bridgehead atoms. The Morgan fingerprint density at radius 2 is 1.86 bits per heavy atom. The summed E-state index contributed by atoms with van der Waals surface area (Å²) in [6, 6.07) is 14.0. The molecule has 1 aromatic heterocycles. The number of benzene rings is 1. The van der Waals surface area contributed by atoms with Gasteiger partial charge < -0.3 is 4.74 Å². The van der Waals surface area contributed by atoms with Crippen LogP contribution in [0.15, 0.2) is 54.6 Å². The van der Waals surface area contributed by atoms with Crippen molar-refractivity contribution in [1.82, 2.24) is 4.98 Å². The molecule has 0 amide bonds. The second-order valence-corrected chi connectivity index (χ2v) is 4.23. The Kier molecular flexibility index (Phi) is 4.99. The molecule has 21 heavy (non-hydrogen) atoms. The normalized spacial score (nSPS) is 10.5. The minimum absolute atomic E-state index is 0.151. The summed E-state index contributed by atoms with van der Waals surface area (Å²) in [6.45, 7) is 2.06. The predicted molar refractivity (Wildman–Crippen MR) is 79.8 cm³/mol. The number of rotatable bonds is 5. The van der Waals surface area contributed by atoms with E-state index >= 15 is 0 Å². The second-order valence-electron chi connectivity index (χ2n) is 4.23. The fraction of sp³-hybridized carbons (Fsp3) is 0.118. The third-order valence-corrected chi connectivity index (χ3v) is 2.72. The van der Waals surface area contributed by atoms with Crippen LogP contribution in [0, 0.1) is 0 Å². The minimum Gasteiger partial charge on any atom is -0.463 e. The number of ketones is 1. The van der Waals surface area contributed by atoms with Gasteiger partial charge in [0.25, 0.3) is 0 Å². The van der Waals surface area contributed by atoms with Crippen LogP contribution in [0.2, 0.25) is 0 Å². The van der Waals surface area contributed by atoms with E-state index in [1.165, 1.54) is 12.2 Å². The molecule has 0 aliphatic carbocycles. The molecule has 1 aromatic carbocycles. The molecule has 4 heteroatoms. The quantitative estimate of drug-likeness (QED) is 0.480. The molecule has 0 unspecified atom stereocenters. The lowest BCUT2D eigenvalue weighted by molar-refractivity contribution is -0.137. The van der Waals surface area contributed by atoms with E-state index in [0.717, 1.165) is 0 Å². The first kappa shape index (κ1) is 14.7. The predicted octanol–water partition coefficient (Wildman–Crippen LogP) is 2.89. The molecule has 4 nitrogen and oxygen atoms in total. The van der Waals surface area contributed by atoms with Gasteiger partial charge in [0, 0.05) is 11.6 Å². The van der Waals surface area contributed by atoms with Crippen LogP contribution >= 0.6 is 0 Å². The van der Waals surface area contributed by atoms with Crippen molar-refractivity contribution in [2.45, 2.75) is 6.92 Å². The Morgan fingerprint density at radius 3 is 2.57 bits per heavy atom. The van der Waals surface area contributed by atoms with Crippen LogP contribution in [0.25, 0.3) is 6.08 Å². The van der Waals surface area contributed by atoms with E-state index in [1.807, 2.05) is 6.07 Å². The SMILES string of the molecule is CCOC(=O)/C=C/c1cccc(C(=O)c2ccccc2)n1. The first-order valence-corrected chi connectivity index (χ1v) is 6.62. The van der Waals surface area contributed by atoms with Gasteiger partial charge in [-0.1, -0.05) is 36.4 Å². The fourth-order valence-electron chi connectivity index (χ4n) is 1.75. The largest absolute Gasteiger partial charge is 0.463 e. The highest BCUT2D eigenvalue weighted by molar-refractivity contribution is 6.07. The van der Waals surface area contributed by atoms with Gasteiger partial charge in [-0.2, -0.15) is 0 Å². The van der Waals surface area contributed by atoms with Gasteiger partial charge in [-0.25, -0.2) is 9.78 Å². The summed E-state index contributed by atoms with van der Waals surface area (Å²) in [7, 11) is 0. The number of pyridine rings is 1. The van der Waals surface area contributed by atoms with Gasteiger partial charge in [-0.3, -0.25) is 4.79 Å². The molecule has 1 heterocycles. The van der Waals surface area contributed by atoms with E-state index in [2.05, 4.69) is 4.98 Å². The van der Waals surface area contributed by atoms with Gasteiger partial charge in [0.2, 0.25) is 5.78 Å². The summed E-state index contributed by atoms with van der Waals surface area (Å²) in [5.41, 5.74) is 1.45. The maximum atomic E-state index is 12.3. The lowest BCUT2D eigenvalue weighted by Crippen LogP contribution is -2.04. The van der Waals surface area contributed by atoms with E-state index < -0.39 is 5.97 Å². The van der Waals surface area contributed by atoms with Crippen LogP contribution in [-0.2, 0) is 9.53 Å². The minimum atomic E-state index is -0.431. The van der Waals surface area contributed by atoms with Crippen molar-refractivity contribution >= 4 is 17.8 Å². The number of hydrogen-bond acceptors (Lipinski definition) is 4. The number of aromatic nitrogens is 1. The van der Waals surface area contributed by atoms with Crippen molar-refractivity contribution in [3.63, 3.8) is 0 Å². The molecule has 2 aromatic rings. The Labute approximate surface area is 123 Å². The van der Waals surface area contributed by atoms with Gasteiger partial charge in [-0.05, 0) is 25.1 Å². The molecular weight excluding hydrogens is 266 g/mol. The molecular formula is C17H15NO3. The summed E-state index contributed by atoms with van der Waals surface area (Å²) in [5.74, 6) is -0.582. The number of esters is 1. The Hall–Kier alpha value is -2.75. The van der Waals surface area contributed by atoms with E-state index in [0.29, 0.717) is 23.6 Å². The molecule has 0 saturated heterocycles. The van der Waals surface area contributed by atoms with Gasteiger partial charge in [-0.15, -0.1) is 0 Å². The summed E-state index contributed by atoms with van der Waals surface area (Å²) in [4.78, 5) is 27.8. The molecule has 0 aliphatic heterocycles. The lowest BCUT2D eigenvalue weighted by Gasteiger charge is -2.01. The van der Waals surface area contributed by atoms with E-state index in [-0.39, 0.29) is 5.78 Å². The summed E-state index contributed by atoms with van der Waals surface area (Å²) in [6.07, 6.45) is 2.82. The van der Waals surface area contributed by atoms with Crippen LogP contribution in [-0.4, -0.2) is 23.3 Å². The molecule has 0 fully saturated rings. The highest BCUT2D eigenvalue weighted by atomic mass is 16.5. The third kappa shape index (κ3) is 4.11. The van der Waals surface area contributed by atoms with Crippen molar-refractivity contribution in [2.24, 2.45) is 0 Å². The van der Waals surface area contributed by atoms with Crippen molar-refractivity contribution in [2.75, 3.05) is 6.61 Å². The van der Waals surface area contributed by atoms with Gasteiger partial charge in [0.05, 0.1) is 12.3 Å². The first-order chi connectivity index (χ1) is 10.2. The topological polar surface area (TPSA) is 56.3 Å². The van der Waals surface area contributed by atoms with Crippen molar-refractivity contribution in [1.29, 1.82) is 0 Å². The maximum Gasteiger partial charge on any atom is 0.330 e. The average molecular weight is 281 g/mol. The Balaban J connectivity index is 2.18. The van der Waals surface area contributed by atoms with Crippen LogP contribution in [0.5, 0.6) is 0 Å². The van der Waals surface area contributed by atoms with Crippen LogP contribution in [0.1, 0.15) is 28.7 Å². The molecule has 0 aliphatic rings. The monoisotopic (exact) mass is 281 g/mol. The first-order valence-electron chi connectivity index (χ1n) is 6.62. The zero-order valence-electron chi connectivity index (χ0n) is 11.7. The molecule has 0 spiro atoms. The lowest BCUT2D eigenvalue weighted by atomic mass is 10.1. The Bertz CT molecular complexity index is 663. The van der Waals surface area contributed by atoms with Crippen molar-refractivity contribution in [3.8, 4) is 0 Å². The van der Waals surface area contributed by atoms with E-state index in [9.17, 15) is 9.59 Å². The second kappa shape index (κ2) is 7.14.